The van der Waals surface area contributed by atoms with Crippen molar-refractivity contribution >= 4 is 11.9 Å². The van der Waals surface area contributed by atoms with Crippen LogP contribution in [0, 0.1) is 6.92 Å². The van der Waals surface area contributed by atoms with Crippen LogP contribution in [-0.4, -0.2) is 32.1 Å². The molecule has 0 aromatic heterocycles. The first-order valence-electron chi connectivity index (χ1n) is 7.15. The SMILES string of the molecule is COC(=O)CCCNC(=O)CCCOc1ccccc1C. The van der Waals surface area contributed by atoms with Gasteiger partial charge >= 0.3 is 5.97 Å². The number of hydrogen-bond donors (Lipinski definition) is 1. The zero-order chi connectivity index (χ0) is 15.5. The van der Waals surface area contributed by atoms with E-state index in [9.17, 15) is 9.59 Å². The van der Waals surface area contributed by atoms with Gasteiger partial charge in [0.1, 0.15) is 5.75 Å². The number of amides is 1. The molecule has 0 fully saturated rings. The average Bonchev–Trinajstić information content (AvgIpc) is 2.49. The van der Waals surface area contributed by atoms with Crippen molar-refractivity contribution in [3.05, 3.63) is 29.8 Å². The lowest BCUT2D eigenvalue weighted by Crippen LogP contribution is -2.25. The van der Waals surface area contributed by atoms with Crippen molar-refractivity contribution in [3.8, 4) is 5.75 Å². The van der Waals surface area contributed by atoms with E-state index in [1.165, 1.54) is 7.11 Å². The Morgan fingerprint density at radius 2 is 1.90 bits per heavy atom. The quantitative estimate of drug-likeness (QED) is 0.560. The molecule has 1 aromatic carbocycles. The van der Waals surface area contributed by atoms with Crippen molar-refractivity contribution in [2.75, 3.05) is 20.3 Å². The summed E-state index contributed by atoms with van der Waals surface area (Å²) in [5, 5.41) is 2.77. The van der Waals surface area contributed by atoms with Gasteiger partial charge in [-0.05, 0) is 31.4 Å². The van der Waals surface area contributed by atoms with E-state index in [1.807, 2.05) is 31.2 Å². The van der Waals surface area contributed by atoms with E-state index in [4.69, 9.17) is 4.74 Å². The molecule has 0 unspecified atom stereocenters. The third kappa shape index (κ3) is 7.34. The standard InChI is InChI=1S/C16H23NO4/c1-13-7-3-4-8-14(13)21-12-6-9-15(18)17-11-5-10-16(19)20-2/h3-4,7-8H,5-6,9-12H2,1-2H3,(H,17,18). The molecule has 0 radical (unpaired) electrons. The lowest BCUT2D eigenvalue weighted by Gasteiger charge is -2.09. The Hall–Kier alpha value is -2.04. The predicted molar refractivity (Wildman–Crippen MR) is 80.2 cm³/mol. The van der Waals surface area contributed by atoms with Crippen molar-refractivity contribution < 1.29 is 19.1 Å². The molecule has 1 rings (SSSR count). The second kappa shape index (κ2) is 9.80. The van der Waals surface area contributed by atoms with E-state index in [-0.39, 0.29) is 11.9 Å². The topological polar surface area (TPSA) is 64.6 Å². The summed E-state index contributed by atoms with van der Waals surface area (Å²) < 4.78 is 10.1. The number of carbonyl (C=O) groups is 2. The van der Waals surface area contributed by atoms with Gasteiger partial charge in [-0.25, -0.2) is 0 Å². The highest BCUT2D eigenvalue weighted by Crippen LogP contribution is 2.16. The Morgan fingerprint density at radius 1 is 1.14 bits per heavy atom. The van der Waals surface area contributed by atoms with Crippen LogP contribution in [0.3, 0.4) is 0 Å². The Morgan fingerprint density at radius 3 is 2.62 bits per heavy atom. The first kappa shape index (κ1) is 17.0. The normalized spacial score (nSPS) is 10.0. The van der Waals surface area contributed by atoms with Gasteiger partial charge in [0, 0.05) is 19.4 Å². The van der Waals surface area contributed by atoms with Gasteiger partial charge in [-0.2, -0.15) is 0 Å². The summed E-state index contributed by atoms with van der Waals surface area (Å²) >= 11 is 0. The van der Waals surface area contributed by atoms with Gasteiger partial charge in [-0.3, -0.25) is 9.59 Å². The molecule has 1 aromatic rings. The van der Waals surface area contributed by atoms with Gasteiger partial charge in [0.2, 0.25) is 5.91 Å². The summed E-state index contributed by atoms with van der Waals surface area (Å²) in [6, 6.07) is 7.80. The van der Waals surface area contributed by atoms with Crippen molar-refractivity contribution in [1.82, 2.24) is 5.32 Å². The zero-order valence-electron chi connectivity index (χ0n) is 12.7. The molecular weight excluding hydrogens is 270 g/mol. The smallest absolute Gasteiger partial charge is 0.305 e. The second-order valence-electron chi connectivity index (χ2n) is 4.75. The summed E-state index contributed by atoms with van der Waals surface area (Å²) in [6.07, 6.45) is 2.01. The minimum absolute atomic E-state index is 0.0201. The number of para-hydroxylation sites is 1. The van der Waals surface area contributed by atoms with Crippen LogP contribution in [0.5, 0.6) is 5.75 Å². The monoisotopic (exact) mass is 293 g/mol. The average molecular weight is 293 g/mol. The number of nitrogens with one attached hydrogen (secondary N) is 1. The van der Waals surface area contributed by atoms with Crippen LogP contribution >= 0.6 is 0 Å². The van der Waals surface area contributed by atoms with Gasteiger partial charge in [0.25, 0.3) is 0 Å². The van der Waals surface area contributed by atoms with Crippen molar-refractivity contribution in [2.45, 2.75) is 32.6 Å². The molecule has 0 saturated carbocycles. The molecule has 21 heavy (non-hydrogen) atoms. The van der Waals surface area contributed by atoms with Crippen LogP contribution in [0.1, 0.15) is 31.2 Å². The molecule has 116 valence electrons. The fourth-order valence-electron chi connectivity index (χ4n) is 1.78. The molecule has 0 spiro atoms. The van der Waals surface area contributed by atoms with Crippen LogP contribution in [0.15, 0.2) is 24.3 Å². The fraction of sp³-hybridized carbons (Fsp3) is 0.500. The Balaban J connectivity index is 2.06. The summed E-state index contributed by atoms with van der Waals surface area (Å²) in [7, 11) is 1.36. The summed E-state index contributed by atoms with van der Waals surface area (Å²) in [6.45, 7) is 3.00. The van der Waals surface area contributed by atoms with E-state index in [0.29, 0.717) is 38.8 Å². The minimum atomic E-state index is -0.254. The maximum atomic E-state index is 11.6. The molecule has 1 amide bonds. The number of hydrogen-bond acceptors (Lipinski definition) is 4. The zero-order valence-corrected chi connectivity index (χ0v) is 12.7. The minimum Gasteiger partial charge on any atom is -0.493 e. The maximum absolute atomic E-state index is 11.6. The number of rotatable bonds is 9. The molecule has 1 N–H and O–H groups in total. The molecule has 0 aliphatic carbocycles. The van der Waals surface area contributed by atoms with Gasteiger partial charge in [0.05, 0.1) is 13.7 Å². The van der Waals surface area contributed by atoms with E-state index in [1.54, 1.807) is 0 Å². The third-order valence-corrected chi connectivity index (χ3v) is 3.01. The van der Waals surface area contributed by atoms with Crippen LogP contribution in [0.25, 0.3) is 0 Å². The predicted octanol–water partition coefficient (Wildman–Crippen LogP) is 2.22. The number of esters is 1. The van der Waals surface area contributed by atoms with E-state index < -0.39 is 0 Å². The highest BCUT2D eigenvalue weighted by atomic mass is 16.5. The van der Waals surface area contributed by atoms with Crippen LogP contribution in [0.2, 0.25) is 0 Å². The lowest BCUT2D eigenvalue weighted by atomic mass is 10.2. The third-order valence-electron chi connectivity index (χ3n) is 3.01. The summed E-state index contributed by atoms with van der Waals surface area (Å²) in [5.74, 6) is 0.583. The fourth-order valence-corrected chi connectivity index (χ4v) is 1.78. The Labute approximate surface area is 125 Å². The van der Waals surface area contributed by atoms with Crippen LogP contribution < -0.4 is 10.1 Å². The van der Waals surface area contributed by atoms with E-state index in [0.717, 1.165) is 11.3 Å². The van der Waals surface area contributed by atoms with Crippen molar-refractivity contribution in [2.24, 2.45) is 0 Å². The summed E-state index contributed by atoms with van der Waals surface area (Å²) in [4.78, 5) is 22.4. The second-order valence-corrected chi connectivity index (χ2v) is 4.75. The number of benzene rings is 1. The highest BCUT2D eigenvalue weighted by molar-refractivity contribution is 5.75. The van der Waals surface area contributed by atoms with Gasteiger partial charge in [0.15, 0.2) is 0 Å². The molecule has 0 aliphatic heterocycles. The molecule has 5 heteroatoms. The molecule has 0 saturated heterocycles. The lowest BCUT2D eigenvalue weighted by molar-refractivity contribution is -0.140. The first-order valence-corrected chi connectivity index (χ1v) is 7.15. The van der Waals surface area contributed by atoms with Crippen molar-refractivity contribution in [3.63, 3.8) is 0 Å². The van der Waals surface area contributed by atoms with Gasteiger partial charge in [-0.1, -0.05) is 18.2 Å². The number of aryl methyl sites for hydroxylation is 1. The molecule has 0 aliphatic rings. The van der Waals surface area contributed by atoms with Crippen LogP contribution in [-0.2, 0) is 14.3 Å². The molecular formula is C16H23NO4. The summed E-state index contributed by atoms with van der Waals surface area (Å²) in [5.41, 5.74) is 1.09. The highest BCUT2D eigenvalue weighted by Gasteiger charge is 2.04. The van der Waals surface area contributed by atoms with Crippen molar-refractivity contribution in [1.29, 1.82) is 0 Å². The molecule has 0 atom stereocenters. The van der Waals surface area contributed by atoms with E-state index >= 15 is 0 Å². The molecule has 0 bridgehead atoms. The maximum Gasteiger partial charge on any atom is 0.305 e. The van der Waals surface area contributed by atoms with E-state index in [2.05, 4.69) is 10.1 Å². The Bertz CT molecular complexity index is 459. The van der Waals surface area contributed by atoms with Gasteiger partial charge in [-0.15, -0.1) is 0 Å². The van der Waals surface area contributed by atoms with Crippen LogP contribution in [0.4, 0.5) is 0 Å². The largest absolute Gasteiger partial charge is 0.493 e. The molecule has 5 nitrogen and oxygen atoms in total. The molecule has 0 heterocycles. The number of ether oxygens (including phenoxy) is 2. The number of methoxy groups -OCH3 is 1. The Kier molecular flexibility index (Phi) is 7.94. The van der Waals surface area contributed by atoms with Gasteiger partial charge < -0.3 is 14.8 Å². The number of carbonyl (C=O) groups excluding carboxylic acids is 2. The first-order chi connectivity index (χ1) is 10.1.